The minimum atomic E-state index is 0.319. The van der Waals surface area contributed by atoms with Crippen LogP contribution in [0.1, 0.15) is 51.4 Å². The van der Waals surface area contributed by atoms with Gasteiger partial charge in [-0.15, -0.1) is 0 Å². The predicted molar refractivity (Wildman–Crippen MR) is 65.3 cm³/mol. The van der Waals surface area contributed by atoms with Crippen LogP contribution in [-0.4, -0.2) is 36.5 Å². The van der Waals surface area contributed by atoms with Gasteiger partial charge in [-0.05, 0) is 25.7 Å². The average molecular weight is 224 g/mol. The Balaban J connectivity index is 1.65. The monoisotopic (exact) mass is 224 g/mol. The minimum absolute atomic E-state index is 0.319. The van der Waals surface area contributed by atoms with Crippen LogP contribution < -0.4 is 5.32 Å². The van der Waals surface area contributed by atoms with Gasteiger partial charge >= 0.3 is 0 Å². The smallest absolute Gasteiger partial charge is 0.223 e. The first-order valence-electron chi connectivity index (χ1n) is 6.76. The van der Waals surface area contributed by atoms with Gasteiger partial charge in [0.15, 0.2) is 0 Å². The largest absolute Gasteiger partial charge is 0.343 e. The Morgan fingerprint density at radius 2 is 1.88 bits per heavy atom. The zero-order valence-corrected chi connectivity index (χ0v) is 10.4. The van der Waals surface area contributed by atoms with E-state index in [4.69, 9.17) is 0 Å². The van der Waals surface area contributed by atoms with E-state index in [2.05, 4.69) is 5.32 Å². The molecule has 3 heteroatoms. The van der Waals surface area contributed by atoms with E-state index < -0.39 is 0 Å². The second-order valence-electron chi connectivity index (χ2n) is 5.27. The first-order chi connectivity index (χ1) is 7.77. The van der Waals surface area contributed by atoms with Crippen LogP contribution in [0.2, 0.25) is 0 Å². The summed E-state index contributed by atoms with van der Waals surface area (Å²) in [4.78, 5) is 13.9. The number of nitrogens with zero attached hydrogens (tertiary/aromatic N) is 1. The van der Waals surface area contributed by atoms with Crippen molar-refractivity contribution in [1.29, 1.82) is 0 Å². The fourth-order valence-corrected chi connectivity index (χ4v) is 2.52. The molecule has 2 aliphatic carbocycles. The van der Waals surface area contributed by atoms with Gasteiger partial charge in [0.05, 0.1) is 0 Å². The lowest BCUT2D eigenvalue weighted by atomic mass is 9.94. The van der Waals surface area contributed by atoms with Crippen LogP contribution in [0, 0.1) is 0 Å². The Kier molecular flexibility index (Phi) is 4.22. The van der Waals surface area contributed by atoms with Crippen LogP contribution in [0.5, 0.6) is 0 Å². The highest BCUT2D eigenvalue weighted by Gasteiger charge is 2.23. The van der Waals surface area contributed by atoms with Gasteiger partial charge in [-0.25, -0.2) is 0 Å². The second kappa shape index (κ2) is 5.67. The molecule has 0 unspecified atom stereocenters. The molecule has 2 rings (SSSR count). The van der Waals surface area contributed by atoms with Gasteiger partial charge in [-0.2, -0.15) is 0 Å². The Hall–Kier alpha value is -0.570. The van der Waals surface area contributed by atoms with Crippen molar-refractivity contribution < 1.29 is 4.79 Å². The summed E-state index contributed by atoms with van der Waals surface area (Å²) in [5, 5.41) is 3.40. The van der Waals surface area contributed by atoms with Crippen molar-refractivity contribution in [2.45, 2.75) is 63.5 Å². The zero-order valence-electron chi connectivity index (χ0n) is 10.4. The van der Waals surface area contributed by atoms with Crippen LogP contribution in [0.25, 0.3) is 0 Å². The summed E-state index contributed by atoms with van der Waals surface area (Å²) in [7, 11) is 1.98. The van der Waals surface area contributed by atoms with Gasteiger partial charge in [0, 0.05) is 32.1 Å². The highest BCUT2D eigenvalue weighted by molar-refractivity contribution is 5.76. The third-order valence-corrected chi connectivity index (χ3v) is 3.87. The molecule has 92 valence electrons. The third-order valence-electron chi connectivity index (χ3n) is 3.87. The fourth-order valence-electron chi connectivity index (χ4n) is 2.52. The van der Waals surface area contributed by atoms with E-state index in [0.717, 1.165) is 6.54 Å². The molecule has 0 saturated heterocycles. The quantitative estimate of drug-likeness (QED) is 0.774. The van der Waals surface area contributed by atoms with Crippen LogP contribution >= 0.6 is 0 Å². The lowest BCUT2D eigenvalue weighted by molar-refractivity contribution is -0.132. The number of nitrogens with one attached hydrogen (secondary N) is 1. The Bertz CT molecular complexity index is 232. The standard InChI is InChI=1S/C13H24N2O/c1-15(12-5-3-2-4-6-12)13(16)9-10-14-11-7-8-11/h11-12,14H,2-10H2,1H3. The maximum Gasteiger partial charge on any atom is 0.223 e. The summed E-state index contributed by atoms with van der Waals surface area (Å²) in [6, 6.07) is 1.23. The predicted octanol–water partition coefficient (Wildman–Crippen LogP) is 1.92. The molecular weight excluding hydrogens is 200 g/mol. The maximum atomic E-state index is 11.9. The SMILES string of the molecule is CN(C(=O)CCNC1CC1)C1CCCCC1. The zero-order chi connectivity index (χ0) is 11.4. The molecule has 0 aliphatic heterocycles. The summed E-state index contributed by atoms with van der Waals surface area (Å²) in [5.41, 5.74) is 0. The van der Waals surface area contributed by atoms with Crippen molar-refractivity contribution in [3.05, 3.63) is 0 Å². The van der Waals surface area contributed by atoms with E-state index >= 15 is 0 Å². The highest BCUT2D eigenvalue weighted by atomic mass is 16.2. The van der Waals surface area contributed by atoms with Crippen LogP contribution in [0.4, 0.5) is 0 Å². The molecule has 1 amide bonds. The van der Waals surface area contributed by atoms with E-state index in [1.54, 1.807) is 0 Å². The molecule has 2 aliphatic rings. The molecule has 16 heavy (non-hydrogen) atoms. The van der Waals surface area contributed by atoms with E-state index in [1.165, 1.54) is 44.9 Å². The van der Waals surface area contributed by atoms with E-state index in [9.17, 15) is 4.79 Å². The molecule has 3 nitrogen and oxygen atoms in total. The van der Waals surface area contributed by atoms with E-state index in [1.807, 2.05) is 11.9 Å². The number of carbonyl (C=O) groups excluding carboxylic acids is 1. The Morgan fingerprint density at radius 1 is 1.19 bits per heavy atom. The normalized spacial score (nSPS) is 22.1. The number of amides is 1. The first-order valence-corrected chi connectivity index (χ1v) is 6.76. The lowest BCUT2D eigenvalue weighted by Crippen LogP contribution is -2.39. The van der Waals surface area contributed by atoms with Crippen molar-refractivity contribution >= 4 is 5.91 Å². The van der Waals surface area contributed by atoms with Gasteiger partial charge in [0.2, 0.25) is 5.91 Å². The van der Waals surface area contributed by atoms with Gasteiger partial charge in [-0.1, -0.05) is 19.3 Å². The average Bonchev–Trinajstić information content (AvgIpc) is 3.13. The van der Waals surface area contributed by atoms with Gasteiger partial charge in [-0.3, -0.25) is 4.79 Å². The van der Waals surface area contributed by atoms with Gasteiger partial charge < -0.3 is 10.2 Å². The summed E-state index contributed by atoms with van der Waals surface area (Å²) < 4.78 is 0. The van der Waals surface area contributed by atoms with Crippen molar-refractivity contribution in [1.82, 2.24) is 10.2 Å². The molecule has 0 bridgehead atoms. The molecule has 0 aromatic heterocycles. The molecule has 2 saturated carbocycles. The molecule has 2 fully saturated rings. The van der Waals surface area contributed by atoms with E-state index in [0.29, 0.717) is 24.4 Å². The molecule has 0 radical (unpaired) electrons. The number of rotatable bonds is 5. The van der Waals surface area contributed by atoms with Gasteiger partial charge in [0.25, 0.3) is 0 Å². The van der Waals surface area contributed by atoms with Crippen LogP contribution in [-0.2, 0) is 4.79 Å². The van der Waals surface area contributed by atoms with Crippen LogP contribution in [0.15, 0.2) is 0 Å². The maximum absolute atomic E-state index is 11.9. The number of hydrogen-bond acceptors (Lipinski definition) is 2. The summed E-state index contributed by atoms with van der Waals surface area (Å²) >= 11 is 0. The summed E-state index contributed by atoms with van der Waals surface area (Å²) in [6.07, 6.45) is 9.62. The molecule has 0 aromatic rings. The topological polar surface area (TPSA) is 32.3 Å². The summed E-state index contributed by atoms with van der Waals surface area (Å²) in [5.74, 6) is 0.319. The molecule has 0 spiro atoms. The molecule has 0 atom stereocenters. The van der Waals surface area contributed by atoms with Crippen molar-refractivity contribution in [2.75, 3.05) is 13.6 Å². The molecule has 1 N–H and O–H groups in total. The minimum Gasteiger partial charge on any atom is -0.343 e. The molecule has 0 heterocycles. The number of carbonyl (C=O) groups is 1. The van der Waals surface area contributed by atoms with Gasteiger partial charge in [0.1, 0.15) is 0 Å². The van der Waals surface area contributed by atoms with E-state index in [-0.39, 0.29) is 0 Å². The van der Waals surface area contributed by atoms with Crippen molar-refractivity contribution in [3.63, 3.8) is 0 Å². The van der Waals surface area contributed by atoms with Crippen molar-refractivity contribution in [2.24, 2.45) is 0 Å². The number of hydrogen-bond donors (Lipinski definition) is 1. The highest BCUT2D eigenvalue weighted by Crippen LogP contribution is 2.22. The first kappa shape index (κ1) is 11.9. The van der Waals surface area contributed by atoms with Crippen molar-refractivity contribution in [3.8, 4) is 0 Å². The molecular formula is C13H24N2O. The summed E-state index contributed by atoms with van der Waals surface area (Å²) in [6.45, 7) is 0.862. The Morgan fingerprint density at radius 3 is 2.50 bits per heavy atom. The van der Waals surface area contributed by atoms with Crippen LogP contribution in [0.3, 0.4) is 0 Å². The fraction of sp³-hybridized carbons (Fsp3) is 0.923. The second-order valence-corrected chi connectivity index (χ2v) is 5.27. The Labute approximate surface area is 98.6 Å². The molecule has 0 aromatic carbocycles. The third kappa shape index (κ3) is 3.48. The lowest BCUT2D eigenvalue weighted by Gasteiger charge is -2.31.